The van der Waals surface area contributed by atoms with E-state index in [2.05, 4.69) is 0 Å². The van der Waals surface area contributed by atoms with Crippen molar-refractivity contribution in [1.29, 1.82) is 0 Å². The minimum Gasteiger partial charge on any atom is -0.465 e. The Balaban J connectivity index is 0.00000196. The van der Waals surface area contributed by atoms with Gasteiger partial charge in [0.2, 0.25) is 0 Å². The molecule has 0 aliphatic carbocycles. The Bertz CT molecular complexity index is 304. The van der Waals surface area contributed by atoms with Gasteiger partial charge in [-0.1, -0.05) is 0 Å². The maximum Gasteiger partial charge on any atom is 0.157 e. The monoisotopic (exact) mass is 229 g/mol. The van der Waals surface area contributed by atoms with Crippen LogP contribution < -0.4 is 0 Å². The summed E-state index contributed by atoms with van der Waals surface area (Å²) in [5.74, 6) is 0.832. The van der Waals surface area contributed by atoms with Gasteiger partial charge in [-0.15, -0.1) is 12.4 Å². The maximum atomic E-state index is 11.3. The smallest absolute Gasteiger partial charge is 0.157 e. The van der Waals surface area contributed by atoms with E-state index in [-0.39, 0.29) is 18.2 Å². The Morgan fingerprint density at radius 2 is 2.27 bits per heavy atom. The predicted molar refractivity (Wildman–Crippen MR) is 63.2 cm³/mol. The molecule has 0 fully saturated rings. The lowest BCUT2D eigenvalue weighted by molar-refractivity contribution is -0.114. The highest BCUT2D eigenvalue weighted by Gasteiger charge is 1.98. The standard InChI is InChI=1S/C11H15NO2.ClH/c1-12(2)8-7-10(13)5-6-11-4-3-9-14-11;/h3-6,9H,7-8H2,1-2H3;1H. The van der Waals surface area contributed by atoms with Crippen molar-refractivity contribution in [3.8, 4) is 0 Å². The predicted octanol–water partition coefficient (Wildman–Crippen LogP) is 2.24. The van der Waals surface area contributed by atoms with Crippen LogP contribution in [0.1, 0.15) is 12.2 Å². The molecule has 3 nitrogen and oxygen atoms in total. The van der Waals surface area contributed by atoms with Gasteiger partial charge in [0, 0.05) is 13.0 Å². The Morgan fingerprint density at radius 3 is 2.80 bits per heavy atom. The number of carbonyl (C=O) groups is 1. The first-order valence-electron chi connectivity index (χ1n) is 4.57. The van der Waals surface area contributed by atoms with Gasteiger partial charge in [0.15, 0.2) is 5.78 Å². The molecule has 1 heterocycles. The SMILES string of the molecule is CN(C)CCC(=O)C=Cc1ccco1.Cl. The molecule has 0 atom stereocenters. The topological polar surface area (TPSA) is 33.5 Å². The van der Waals surface area contributed by atoms with Crippen molar-refractivity contribution in [1.82, 2.24) is 4.90 Å². The van der Waals surface area contributed by atoms with Crippen LogP contribution in [-0.2, 0) is 4.79 Å². The number of ketones is 1. The number of nitrogens with zero attached hydrogens (tertiary/aromatic N) is 1. The van der Waals surface area contributed by atoms with Gasteiger partial charge < -0.3 is 9.32 Å². The van der Waals surface area contributed by atoms with Crippen molar-refractivity contribution >= 4 is 24.3 Å². The summed E-state index contributed by atoms with van der Waals surface area (Å²) in [6, 6.07) is 3.61. The zero-order valence-electron chi connectivity index (χ0n) is 8.97. The average Bonchev–Trinajstić information content (AvgIpc) is 2.63. The van der Waals surface area contributed by atoms with Crippen LogP contribution in [0.3, 0.4) is 0 Å². The van der Waals surface area contributed by atoms with E-state index in [9.17, 15) is 4.79 Å². The van der Waals surface area contributed by atoms with E-state index >= 15 is 0 Å². The first-order valence-corrected chi connectivity index (χ1v) is 4.57. The van der Waals surface area contributed by atoms with Crippen LogP contribution in [0, 0.1) is 0 Å². The fourth-order valence-electron chi connectivity index (χ4n) is 0.978. The lowest BCUT2D eigenvalue weighted by Gasteiger charge is -2.05. The molecule has 0 aliphatic rings. The van der Waals surface area contributed by atoms with E-state index in [0.29, 0.717) is 12.2 Å². The van der Waals surface area contributed by atoms with Crippen LogP contribution in [0.25, 0.3) is 6.08 Å². The van der Waals surface area contributed by atoms with Gasteiger partial charge in [-0.2, -0.15) is 0 Å². The van der Waals surface area contributed by atoms with Gasteiger partial charge in [-0.25, -0.2) is 0 Å². The first kappa shape index (κ1) is 13.9. The summed E-state index contributed by atoms with van der Waals surface area (Å²) in [5, 5.41) is 0. The number of carbonyl (C=O) groups excluding carboxylic acids is 1. The molecule has 0 radical (unpaired) electrons. The van der Waals surface area contributed by atoms with Crippen LogP contribution in [-0.4, -0.2) is 31.3 Å². The summed E-state index contributed by atoms with van der Waals surface area (Å²) >= 11 is 0. The number of rotatable bonds is 5. The van der Waals surface area contributed by atoms with Crippen LogP contribution >= 0.6 is 12.4 Å². The summed E-state index contributed by atoms with van der Waals surface area (Å²) in [6.45, 7) is 0.779. The normalized spacial score (nSPS) is 10.6. The highest BCUT2D eigenvalue weighted by molar-refractivity contribution is 5.93. The molecule has 0 N–H and O–H groups in total. The Labute approximate surface area is 96.2 Å². The molecule has 0 saturated heterocycles. The summed E-state index contributed by atoms with van der Waals surface area (Å²) in [5.41, 5.74) is 0. The van der Waals surface area contributed by atoms with Gasteiger partial charge >= 0.3 is 0 Å². The lowest BCUT2D eigenvalue weighted by atomic mass is 10.2. The molecule has 0 aromatic carbocycles. The van der Waals surface area contributed by atoms with Gasteiger partial charge in [0.05, 0.1) is 6.26 Å². The molecular weight excluding hydrogens is 214 g/mol. The van der Waals surface area contributed by atoms with Gasteiger partial charge in [-0.05, 0) is 38.4 Å². The van der Waals surface area contributed by atoms with E-state index in [1.165, 1.54) is 0 Å². The van der Waals surface area contributed by atoms with E-state index in [1.807, 2.05) is 25.1 Å². The van der Waals surface area contributed by atoms with E-state index in [1.54, 1.807) is 24.5 Å². The zero-order valence-corrected chi connectivity index (χ0v) is 9.79. The highest BCUT2D eigenvalue weighted by Crippen LogP contribution is 2.02. The number of halogens is 1. The summed E-state index contributed by atoms with van der Waals surface area (Å²) in [6.07, 6.45) is 5.38. The summed E-state index contributed by atoms with van der Waals surface area (Å²) in [4.78, 5) is 13.3. The van der Waals surface area contributed by atoms with Crippen molar-refractivity contribution in [3.05, 3.63) is 30.2 Å². The molecule has 1 aromatic rings. The fourth-order valence-corrected chi connectivity index (χ4v) is 0.978. The van der Waals surface area contributed by atoms with Gasteiger partial charge in [0.25, 0.3) is 0 Å². The van der Waals surface area contributed by atoms with Crippen molar-refractivity contribution in [2.75, 3.05) is 20.6 Å². The van der Waals surface area contributed by atoms with Crippen molar-refractivity contribution in [2.45, 2.75) is 6.42 Å². The molecule has 0 unspecified atom stereocenters. The molecule has 1 aromatic heterocycles. The van der Waals surface area contributed by atoms with Crippen LogP contribution in [0.5, 0.6) is 0 Å². The van der Waals surface area contributed by atoms with Crippen molar-refractivity contribution in [2.24, 2.45) is 0 Å². The van der Waals surface area contributed by atoms with Gasteiger partial charge in [-0.3, -0.25) is 4.79 Å². The molecule has 0 spiro atoms. The molecule has 1 rings (SSSR count). The fraction of sp³-hybridized carbons (Fsp3) is 0.364. The third-order valence-corrected chi connectivity index (χ3v) is 1.78. The summed E-state index contributed by atoms with van der Waals surface area (Å²) in [7, 11) is 3.90. The third kappa shape index (κ3) is 6.10. The Hall–Kier alpha value is -1.06. The van der Waals surface area contributed by atoms with Gasteiger partial charge in [0.1, 0.15) is 5.76 Å². The van der Waals surface area contributed by atoms with Crippen LogP contribution in [0.15, 0.2) is 28.9 Å². The molecule has 4 heteroatoms. The Morgan fingerprint density at radius 1 is 1.53 bits per heavy atom. The zero-order chi connectivity index (χ0) is 10.4. The van der Waals surface area contributed by atoms with Crippen LogP contribution in [0.2, 0.25) is 0 Å². The van der Waals surface area contributed by atoms with Crippen molar-refractivity contribution < 1.29 is 9.21 Å². The number of hydrogen-bond donors (Lipinski definition) is 0. The molecule has 84 valence electrons. The third-order valence-electron chi connectivity index (χ3n) is 1.78. The minimum atomic E-state index is 0. The summed E-state index contributed by atoms with van der Waals surface area (Å²) < 4.78 is 5.06. The number of allylic oxidation sites excluding steroid dienone is 1. The molecule has 0 saturated carbocycles. The second kappa shape index (κ2) is 7.26. The van der Waals surface area contributed by atoms with E-state index < -0.39 is 0 Å². The minimum absolute atomic E-state index is 0. The van der Waals surface area contributed by atoms with Crippen molar-refractivity contribution in [3.63, 3.8) is 0 Å². The molecule has 0 amide bonds. The van der Waals surface area contributed by atoms with E-state index in [4.69, 9.17) is 4.42 Å². The quantitative estimate of drug-likeness (QED) is 0.726. The molecule has 15 heavy (non-hydrogen) atoms. The average molecular weight is 230 g/mol. The second-order valence-corrected chi connectivity index (χ2v) is 3.37. The second-order valence-electron chi connectivity index (χ2n) is 3.37. The maximum absolute atomic E-state index is 11.3. The molecular formula is C11H16ClNO2. The Kier molecular flexibility index (Phi) is 6.75. The number of hydrogen-bond acceptors (Lipinski definition) is 3. The molecule has 0 bridgehead atoms. The number of furan rings is 1. The molecule has 0 aliphatic heterocycles. The van der Waals surface area contributed by atoms with E-state index in [0.717, 1.165) is 6.54 Å². The largest absolute Gasteiger partial charge is 0.465 e. The van der Waals surface area contributed by atoms with Crippen LogP contribution in [0.4, 0.5) is 0 Å². The highest BCUT2D eigenvalue weighted by atomic mass is 35.5. The first-order chi connectivity index (χ1) is 6.68. The lowest BCUT2D eigenvalue weighted by Crippen LogP contribution is -2.15.